The summed E-state index contributed by atoms with van der Waals surface area (Å²) < 4.78 is 45.3. The van der Waals surface area contributed by atoms with Gasteiger partial charge in [-0.2, -0.15) is 13.2 Å². The molecule has 1 aromatic rings. The van der Waals surface area contributed by atoms with E-state index in [4.69, 9.17) is 10.5 Å². The van der Waals surface area contributed by atoms with Crippen molar-refractivity contribution >= 4 is 12.0 Å². The van der Waals surface area contributed by atoms with E-state index in [2.05, 4.69) is 0 Å². The lowest BCUT2D eigenvalue weighted by Crippen LogP contribution is -2.40. The van der Waals surface area contributed by atoms with Crippen LogP contribution in [0.4, 0.5) is 18.0 Å². The van der Waals surface area contributed by atoms with Crippen LogP contribution in [-0.4, -0.2) is 54.1 Å². The highest BCUT2D eigenvalue weighted by molar-refractivity contribution is 5.93. The molecule has 0 saturated carbocycles. The van der Waals surface area contributed by atoms with Crippen molar-refractivity contribution < 1.29 is 27.5 Å². The minimum Gasteiger partial charge on any atom is -0.444 e. The van der Waals surface area contributed by atoms with E-state index in [1.807, 2.05) is 0 Å². The predicted octanol–water partition coefficient (Wildman–Crippen LogP) is 3.49. The van der Waals surface area contributed by atoms with E-state index in [0.717, 1.165) is 6.07 Å². The molecule has 0 saturated heterocycles. The van der Waals surface area contributed by atoms with Crippen molar-refractivity contribution in [2.24, 2.45) is 5.73 Å². The molecule has 1 aromatic carbocycles. The monoisotopic (exact) mass is 403 g/mol. The van der Waals surface area contributed by atoms with E-state index < -0.39 is 29.3 Å². The van der Waals surface area contributed by atoms with Gasteiger partial charge in [0.2, 0.25) is 5.91 Å². The molecule has 2 amide bonds. The molecule has 1 rings (SSSR count). The number of hydrogen-bond donors (Lipinski definition) is 1. The summed E-state index contributed by atoms with van der Waals surface area (Å²) in [6.07, 6.45) is -5.07. The number of likely N-dealkylation sites (N-methyl/N-ethyl adjacent to an activating group) is 2. The first kappa shape index (κ1) is 23.7. The topological polar surface area (TPSA) is 75.9 Å². The summed E-state index contributed by atoms with van der Waals surface area (Å²) in [7, 11) is 1.66. The third-order valence-electron chi connectivity index (χ3n) is 3.93. The van der Waals surface area contributed by atoms with E-state index in [-0.39, 0.29) is 17.7 Å². The van der Waals surface area contributed by atoms with Gasteiger partial charge in [0.25, 0.3) is 0 Å². The lowest BCUT2D eigenvalue weighted by atomic mass is 10.0. The summed E-state index contributed by atoms with van der Waals surface area (Å²) >= 11 is 0. The number of rotatable bonds is 7. The van der Waals surface area contributed by atoms with Crippen LogP contribution in [0.1, 0.15) is 49.2 Å². The Balaban J connectivity index is 2.83. The first-order valence-corrected chi connectivity index (χ1v) is 8.91. The molecule has 28 heavy (non-hydrogen) atoms. The number of ether oxygens (including phenoxy) is 1. The van der Waals surface area contributed by atoms with Gasteiger partial charge in [0, 0.05) is 31.7 Å². The van der Waals surface area contributed by atoms with Crippen LogP contribution in [0.25, 0.3) is 0 Å². The molecular weight excluding hydrogens is 375 g/mol. The summed E-state index contributed by atoms with van der Waals surface area (Å²) in [6, 6.07) is 3.30. The Labute approximate surface area is 163 Å². The molecule has 0 unspecified atom stereocenters. The Kier molecular flexibility index (Phi) is 7.86. The zero-order chi connectivity index (χ0) is 21.7. The minimum atomic E-state index is -4.60. The average Bonchev–Trinajstić information content (AvgIpc) is 2.52. The maximum atomic E-state index is 13.3. The van der Waals surface area contributed by atoms with Crippen LogP contribution >= 0.6 is 0 Å². The second-order valence-corrected chi connectivity index (χ2v) is 7.53. The van der Waals surface area contributed by atoms with Gasteiger partial charge in [0.1, 0.15) is 5.60 Å². The van der Waals surface area contributed by atoms with E-state index >= 15 is 0 Å². The molecule has 158 valence electrons. The zero-order valence-corrected chi connectivity index (χ0v) is 16.9. The highest BCUT2D eigenvalue weighted by Crippen LogP contribution is 2.33. The van der Waals surface area contributed by atoms with Gasteiger partial charge in [-0.3, -0.25) is 4.79 Å². The third kappa shape index (κ3) is 7.38. The molecule has 0 fully saturated rings. The molecule has 0 spiro atoms. The molecule has 9 heteroatoms. The van der Waals surface area contributed by atoms with Crippen LogP contribution in [0.3, 0.4) is 0 Å². The number of nitrogens with two attached hydrogens (primary N) is 1. The van der Waals surface area contributed by atoms with Gasteiger partial charge in [0.05, 0.1) is 5.56 Å². The fraction of sp³-hybridized carbons (Fsp3) is 0.579. The van der Waals surface area contributed by atoms with E-state index in [1.165, 1.54) is 17.0 Å². The average molecular weight is 403 g/mol. The largest absolute Gasteiger partial charge is 0.444 e. The summed E-state index contributed by atoms with van der Waals surface area (Å²) in [4.78, 5) is 26.5. The number of carbonyl (C=O) groups is 2. The first-order chi connectivity index (χ1) is 12.7. The smallest absolute Gasteiger partial charge is 0.416 e. The Morgan fingerprint density at radius 2 is 1.75 bits per heavy atom. The van der Waals surface area contributed by atoms with Crippen molar-refractivity contribution in [3.05, 3.63) is 34.9 Å². The van der Waals surface area contributed by atoms with Crippen molar-refractivity contribution in [1.82, 2.24) is 9.80 Å². The molecule has 0 heterocycles. The summed E-state index contributed by atoms with van der Waals surface area (Å²) in [5.41, 5.74) is 3.40. The van der Waals surface area contributed by atoms with Crippen molar-refractivity contribution in [1.29, 1.82) is 0 Å². The van der Waals surface area contributed by atoms with E-state index in [9.17, 15) is 22.8 Å². The minimum absolute atomic E-state index is 0.000240. The number of benzene rings is 1. The van der Waals surface area contributed by atoms with Crippen molar-refractivity contribution in [2.45, 2.75) is 46.0 Å². The lowest BCUT2D eigenvalue weighted by Gasteiger charge is -2.28. The maximum Gasteiger partial charge on any atom is 0.416 e. The van der Waals surface area contributed by atoms with Crippen LogP contribution < -0.4 is 5.73 Å². The number of amides is 2. The summed E-state index contributed by atoms with van der Waals surface area (Å²) in [5, 5.41) is 0. The summed E-state index contributed by atoms with van der Waals surface area (Å²) in [6.45, 7) is 8.17. The molecule has 0 bridgehead atoms. The van der Waals surface area contributed by atoms with Crippen LogP contribution in [0, 0.1) is 0 Å². The molecule has 0 atom stereocenters. The highest BCUT2D eigenvalue weighted by Gasteiger charge is 2.34. The lowest BCUT2D eigenvalue weighted by molar-refractivity contribution is -0.138. The van der Waals surface area contributed by atoms with Crippen LogP contribution in [0.15, 0.2) is 18.2 Å². The predicted molar refractivity (Wildman–Crippen MR) is 99.8 cm³/mol. The zero-order valence-electron chi connectivity index (χ0n) is 16.9. The fourth-order valence-corrected chi connectivity index (χ4v) is 2.50. The van der Waals surface area contributed by atoms with Crippen molar-refractivity contribution in [2.75, 3.05) is 26.7 Å². The van der Waals surface area contributed by atoms with E-state index in [1.54, 1.807) is 39.6 Å². The first-order valence-electron chi connectivity index (χ1n) is 8.91. The second-order valence-electron chi connectivity index (χ2n) is 7.53. The molecule has 0 aliphatic carbocycles. The third-order valence-corrected chi connectivity index (χ3v) is 3.93. The van der Waals surface area contributed by atoms with Gasteiger partial charge < -0.3 is 20.3 Å². The number of alkyl halides is 3. The van der Waals surface area contributed by atoms with Gasteiger partial charge >= 0.3 is 12.3 Å². The fourth-order valence-electron chi connectivity index (χ4n) is 2.50. The highest BCUT2D eigenvalue weighted by atomic mass is 19.4. The van der Waals surface area contributed by atoms with Gasteiger partial charge in [0.15, 0.2) is 0 Å². The van der Waals surface area contributed by atoms with Gasteiger partial charge in [-0.15, -0.1) is 0 Å². The van der Waals surface area contributed by atoms with Crippen molar-refractivity contribution in [3.63, 3.8) is 0 Å². The molecule has 0 aliphatic rings. The Morgan fingerprint density at radius 3 is 2.21 bits per heavy atom. The Bertz CT molecular complexity index is 700. The number of hydrogen-bond acceptors (Lipinski definition) is 4. The number of primary amides is 1. The molecule has 0 aromatic heterocycles. The normalized spacial score (nSPS) is 12.2. The van der Waals surface area contributed by atoms with Crippen LogP contribution in [0.2, 0.25) is 0 Å². The van der Waals surface area contributed by atoms with Gasteiger partial charge in [-0.05, 0) is 52.4 Å². The number of carbonyl (C=O) groups excluding carboxylic acids is 2. The Morgan fingerprint density at radius 1 is 1.14 bits per heavy atom. The van der Waals surface area contributed by atoms with Gasteiger partial charge in [-0.25, -0.2) is 4.79 Å². The molecule has 2 N–H and O–H groups in total. The molecule has 0 radical (unpaired) electrons. The van der Waals surface area contributed by atoms with Crippen LogP contribution in [-0.2, 0) is 17.5 Å². The second kappa shape index (κ2) is 9.27. The molecule has 6 nitrogen and oxygen atoms in total. The quantitative estimate of drug-likeness (QED) is 0.756. The van der Waals surface area contributed by atoms with Gasteiger partial charge in [-0.1, -0.05) is 6.07 Å². The SMILES string of the molecule is CCN(CCN(C)Cc1ccc(C(N)=O)cc1C(F)(F)F)C(=O)OC(C)(C)C. The number of nitrogens with zero attached hydrogens (tertiary/aromatic N) is 2. The summed E-state index contributed by atoms with van der Waals surface area (Å²) in [5.74, 6) is -0.915. The molecule has 0 aliphatic heterocycles. The van der Waals surface area contributed by atoms with E-state index in [0.29, 0.717) is 19.6 Å². The maximum absolute atomic E-state index is 13.3. The van der Waals surface area contributed by atoms with Crippen LogP contribution in [0.5, 0.6) is 0 Å². The standard InChI is InChI=1S/C19H28F3N3O3/c1-6-25(17(27)28-18(2,3)4)10-9-24(5)12-14-8-7-13(16(23)26)11-15(14)19(20,21)22/h7-8,11H,6,9-10,12H2,1-5H3,(H2,23,26). The van der Waals surface area contributed by atoms with Crippen molar-refractivity contribution in [3.8, 4) is 0 Å². The number of halogens is 3. The Hall–Kier alpha value is -2.29. The molecular formula is C19H28F3N3O3.